The first-order chi connectivity index (χ1) is 7.11. The predicted molar refractivity (Wildman–Crippen MR) is 59.6 cm³/mol. The number of nitrogens with zero attached hydrogens (tertiary/aromatic N) is 1. The quantitative estimate of drug-likeness (QED) is 0.866. The van der Waals surface area contributed by atoms with Crippen LogP contribution in [0, 0.1) is 0 Å². The van der Waals surface area contributed by atoms with Gasteiger partial charge in [-0.25, -0.2) is 0 Å². The predicted octanol–water partition coefficient (Wildman–Crippen LogP) is 2.34. The lowest BCUT2D eigenvalue weighted by Gasteiger charge is -2.17. The Morgan fingerprint density at radius 3 is 2.80 bits per heavy atom. The van der Waals surface area contributed by atoms with Crippen LogP contribution in [0.3, 0.4) is 0 Å². The van der Waals surface area contributed by atoms with Crippen molar-refractivity contribution in [3.8, 4) is 0 Å². The fourth-order valence-electron chi connectivity index (χ4n) is 1.38. The maximum atomic E-state index is 10.6. The average molecular weight is 276 g/mol. The second-order valence-electron chi connectivity index (χ2n) is 3.31. The molecule has 0 spiro atoms. The van der Waals surface area contributed by atoms with Gasteiger partial charge in [-0.15, -0.1) is 0 Å². The van der Waals surface area contributed by atoms with E-state index in [0.717, 1.165) is 18.7 Å². The van der Waals surface area contributed by atoms with Crippen molar-refractivity contribution in [2.24, 2.45) is 0 Å². The number of halogens is 1. The van der Waals surface area contributed by atoms with E-state index in [4.69, 9.17) is 9.52 Å². The molecule has 1 N–H and O–H groups in total. The number of hydrogen-bond donors (Lipinski definition) is 1. The van der Waals surface area contributed by atoms with Gasteiger partial charge in [-0.05, 0) is 41.0 Å². The summed E-state index contributed by atoms with van der Waals surface area (Å²) in [5, 5.41) is 8.71. The van der Waals surface area contributed by atoms with Crippen LogP contribution in [-0.2, 0) is 11.3 Å². The molecule has 0 radical (unpaired) electrons. The Morgan fingerprint density at radius 1 is 1.60 bits per heavy atom. The maximum Gasteiger partial charge on any atom is 0.317 e. The van der Waals surface area contributed by atoms with E-state index < -0.39 is 5.97 Å². The molecule has 0 aliphatic rings. The van der Waals surface area contributed by atoms with Crippen LogP contribution in [0.1, 0.15) is 19.1 Å². The molecule has 0 bridgehead atoms. The number of rotatable bonds is 6. The molecule has 0 fully saturated rings. The molecule has 0 atom stereocenters. The Bertz CT molecular complexity index is 324. The van der Waals surface area contributed by atoms with Crippen molar-refractivity contribution < 1.29 is 14.3 Å². The Kier molecular flexibility index (Phi) is 4.84. The van der Waals surface area contributed by atoms with E-state index >= 15 is 0 Å². The molecule has 4 nitrogen and oxygen atoms in total. The molecule has 1 heterocycles. The van der Waals surface area contributed by atoms with Crippen molar-refractivity contribution in [3.05, 3.63) is 22.6 Å². The number of furan rings is 1. The standard InChI is InChI=1S/C10H14BrNO3/c1-2-5-12(7-10(13)14)6-8-3-4-9(11)15-8/h3-4H,2,5-7H2,1H3,(H,13,14). The van der Waals surface area contributed by atoms with Gasteiger partial charge in [0.05, 0.1) is 13.1 Å². The monoisotopic (exact) mass is 275 g/mol. The molecule has 0 aliphatic heterocycles. The topological polar surface area (TPSA) is 53.7 Å². The fourth-order valence-corrected chi connectivity index (χ4v) is 1.72. The van der Waals surface area contributed by atoms with Gasteiger partial charge in [-0.1, -0.05) is 6.92 Å². The van der Waals surface area contributed by atoms with Crippen molar-refractivity contribution in [1.29, 1.82) is 0 Å². The summed E-state index contributed by atoms with van der Waals surface area (Å²) in [5.74, 6) is -0.0364. The molecule has 1 aromatic heterocycles. The smallest absolute Gasteiger partial charge is 0.317 e. The second-order valence-corrected chi connectivity index (χ2v) is 4.09. The van der Waals surface area contributed by atoms with Crippen LogP contribution in [-0.4, -0.2) is 29.1 Å². The van der Waals surface area contributed by atoms with Crippen LogP contribution in [0.2, 0.25) is 0 Å². The van der Waals surface area contributed by atoms with Crippen molar-refractivity contribution >= 4 is 21.9 Å². The van der Waals surface area contributed by atoms with E-state index in [1.165, 1.54) is 0 Å². The van der Waals surface area contributed by atoms with Crippen molar-refractivity contribution in [2.75, 3.05) is 13.1 Å². The lowest BCUT2D eigenvalue weighted by Crippen LogP contribution is -2.29. The van der Waals surface area contributed by atoms with Crippen LogP contribution in [0.4, 0.5) is 0 Å². The van der Waals surface area contributed by atoms with E-state index in [2.05, 4.69) is 15.9 Å². The average Bonchev–Trinajstić information content (AvgIpc) is 2.50. The normalized spacial score (nSPS) is 10.9. The van der Waals surface area contributed by atoms with E-state index in [-0.39, 0.29) is 6.54 Å². The first-order valence-electron chi connectivity index (χ1n) is 4.80. The van der Waals surface area contributed by atoms with E-state index in [9.17, 15) is 4.79 Å². The van der Waals surface area contributed by atoms with E-state index in [1.807, 2.05) is 17.9 Å². The van der Waals surface area contributed by atoms with E-state index in [1.54, 1.807) is 6.07 Å². The highest BCUT2D eigenvalue weighted by Gasteiger charge is 2.11. The van der Waals surface area contributed by atoms with Crippen molar-refractivity contribution in [1.82, 2.24) is 4.90 Å². The third kappa shape index (κ3) is 4.48. The summed E-state index contributed by atoms with van der Waals surface area (Å²) in [6.07, 6.45) is 0.926. The van der Waals surface area contributed by atoms with Gasteiger partial charge in [0.15, 0.2) is 4.67 Å². The van der Waals surface area contributed by atoms with Crippen LogP contribution >= 0.6 is 15.9 Å². The Labute approximate surface area is 97.0 Å². The summed E-state index contributed by atoms with van der Waals surface area (Å²) in [4.78, 5) is 12.4. The molecule has 84 valence electrons. The van der Waals surface area contributed by atoms with E-state index in [0.29, 0.717) is 11.2 Å². The number of carboxylic acids is 1. The van der Waals surface area contributed by atoms with Crippen molar-refractivity contribution in [2.45, 2.75) is 19.9 Å². The molecule has 0 aliphatic carbocycles. The lowest BCUT2D eigenvalue weighted by molar-refractivity contribution is -0.138. The van der Waals surface area contributed by atoms with Gasteiger partial charge in [0, 0.05) is 0 Å². The molecule has 0 amide bonds. The molecular weight excluding hydrogens is 262 g/mol. The minimum Gasteiger partial charge on any atom is -0.480 e. The first kappa shape index (κ1) is 12.3. The summed E-state index contributed by atoms with van der Waals surface area (Å²) in [5.41, 5.74) is 0. The van der Waals surface area contributed by atoms with Gasteiger partial charge in [0.25, 0.3) is 0 Å². The molecule has 1 aromatic rings. The fraction of sp³-hybridized carbons (Fsp3) is 0.500. The number of hydrogen-bond acceptors (Lipinski definition) is 3. The maximum absolute atomic E-state index is 10.6. The highest BCUT2D eigenvalue weighted by atomic mass is 79.9. The van der Waals surface area contributed by atoms with Crippen LogP contribution in [0.15, 0.2) is 21.2 Å². The van der Waals surface area contributed by atoms with Crippen LogP contribution < -0.4 is 0 Å². The molecule has 0 saturated carbocycles. The Morgan fingerprint density at radius 2 is 2.33 bits per heavy atom. The Hall–Kier alpha value is -0.810. The molecule has 1 rings (SSSR count). The SMILES string of the molecule is CCCN(CC(=O)O)Cc1ccc(Br)o1. The highest BCUT2D eigenvalue weighted by molar-refractivity contribution is 9.10. The molecule has 0 unspecified atom stereocenters. The third-order valence-electron chi connectivity index (χ3n) is 1.91. The van der Waals surface area contributed by atoms with Gasteiger partial charge in [0.1, 0.15) is 5.76 Å². The van der Waals surface area contributed by atoms with Crippen LogP contribution in [0.5, 0.6) is 0 Å². The molecule has 0 saturated heterocycles. The summed E-state index contributed by atoms with van der Waals surface area (Å²) in [6.45, 7) is 3.36. The van der Waals surface area contributed by atoms with Gasteiger partial charge in [-0.2, -0.15) is 0 Å². The Balaban J connectivity index is 2.53. The highest BCUT2D eigenvalue weighted by Crippen LogP contribution is 2.15. The zero-order chi connectivity index (χ0) is 11.3. The van der Waals surface area contributed by atoms with Gasteiger partial charge < -0.3 is 9.52 Å². The number of carbonyl (C=O) groups is 1. The second kappa shape index (κ2) is 5.92. The number of carboxylic acid groups (broad SMARTS) is 1. The molecule has 15 heavy (non-hydrogen) atoms. The minimum atomic E-state index is -0.811. The minimum absolute atomic E-state index is 0.0478. The lowest BCUT2D eigenvalue weighted by atomic mass is 10.3. The summed E-state index contributed by atoms with van der Waals surface area (Å²) >= 11 is 3.21. The van der Waals surface area contributed by atoms with Gasteiger partial charge in [0.2, 0.25) is 0 Å². The van der Waals surface area contributed by atoms with Crippen LogP contribution in [0.25, 0.3) is 0 Å². The summed E-state index contributed by atoms with van der Waals surface area (Å²) in [6, 6.07) is 3.65. The largest absolute Gasteiger partial charge is 0.480 e. The zero-order valence-electron chi connectivity index (χ0n) is 8.57. The zero-order valence-corrected chi connectivity index (χ0v) is 10.2. The van der Waals surface area contributed by atoms with Gasteiger partial charge in [-0.3, -0.25) is 9.69 Å². The molecule has 0 aromatic carbocycles. The van der Waals surface area contributed by atoms with Crippen molar-refractivity contribution in [3.63, 3.8) is 0 Å². The first-order valence-corrected chi connectivity index (χ1v) is 5.59. The molecular formula is C10H14BrNO3. The van der Waals surface area contributed by atoms with Gasteiger partial charge >= 0.3 is 5.97 Å². The summed E-state index contributed by atoms with van der Waals surface area (Å²) < 4.78 is 5.99. The molecule has 5 heteroatoms. The summed E-state index contributed by atoms with van der Waals surface area (Å²) in [7, 11) is 0. The number of aliphatic carboxylic acids is 1. The third-order valence-corrected chi connectivity index (χ3v) is 2.33.